The first-order valence-electron chi connectivity index (χ1n) is 7.83. The number of nitrogens with one attached hydrogen (secondary N) is 2. The van der Waals surface area contributed by atoms with Gasteiger partial charge in [0.1, 0.15) is 0 Å². The topological polar surface area (TPSA) is 58.2 Å². The molecule has 0 saturated carbocycles. The summed E-state index contributed by atoms with van der Waals surface area (Å²) in [4.78, 5) is 22.7. The van der Waals surface area contributed by atoms with Crippen molar-refractivity contribution in [3.05, 3.63) is 24.3 Å². The normalized spacial score (nSPS) is 11.2. The number of hydrogen-bond donors (Lipinski definition) is 2. The molecule has 0 radical (unpaired) electrons. The molecule has 0 aliphatic carbocycles. The van der Waals surface area contributed by atoms with Gasteiger partial charge in [0, 0.05) is 24.6 Å². The van der Waals surface area contributed by atoms with Gasteiger partial charge in [-0.15, -0.1) is 0 Å². The predicted molar refractivity (Wildman–Crippen MR) is 99.0 cm³/mol. The summed E-state index contributed by atoms with van der Waals surface area (Å²) in [5.41, 5.74) is 0. The molecule has 0 spiro atoms. The molecule has 0 heterocycles. The summed E-state index contributed by atoms with van der Waals surface area (Å²) in [7, 11) is 3.41. The van der Waals surface area contributed by atoms with Crippen LogP contribution < -0.4 is 10.6 Å². The van der Waals surface area contributed by atoms with Crippen molar-refractivity contribution in [1.82, 2.24) is 10.6 Å². The number of allylic oxidation sites excluding steroid dienone is 2. The Labute approximate surface area is 142 Å². The lowest BCUT2D eigenvalue weighted by Crippen LogP contribution is -2.24. The molecular weight excluding hydrogens is 316 g/mol. The summed E-state index contributed by atoms with van der Waals surface area (Å²) in [5, 5.41) is 5.68. The highest BCUT2D eigenvalue weighted by molar-refractivity contribution is 8.76. The largest absolute Gasteiger partial charge is 0.352 e. The molecule has 22 heavy (non-hydrogen) atoms. The van der Waals surface area contributed by atoms with Crippen molar-refractivity contribution in [1.29, 1.82) is 0 Å². The van der Waals surface area contributed by atoms with Crippen molar-refractivity contribution >= 4 is 33.4 Å². The third-order valence-corrected chi connectivity index (χ3v) is 4.91. The molecule has 0 aliphatic heterocycles. The van der Waals surface area contributed by atoms with Gasteiger partial charge in [-0.3, -0.25) is 9.59 Å². The fourth-order valence-corrected chi connectivity index (χ4v) is 3.20. The minimum atomic E-state index is -0.0230. The molecule has 0 saturated heterocycles. The first-order valence-corrected chi connectivity index (χ1v) is 10.3. The molecular formula is C16H28N2O2S2. The highest BCUT2D eigenvalue weighted by Crippen LogP contribution is 2.19. The standard InChI is InChI=1S/C16H28N2O2S2/c1-3-5-7-9-15(19)17-11-13-21-22-14-12-18-16(20)10-8-6-4-2/h7-10H,3-6,11-14H2,1-2H3,(H,17,19)(H,18,20). The maximum atomic E-state index is 11.4. The summed E-state index contributed by atoms with van der Waals surface area (Å²) in [6.07, 6.45) is 11.0. The van der Waals surface area contributed by atoms with Gasteiger partial charge in [0.25, 0.3) is 0 Å². The number of rotatable bonds is 13. The number of hydrogen-bond acceptors (Lipinski definition) is 4. The third-order valence-electron chi connectivity index (χ3n) is 2.50. The van der Waals surface area contributed by atoms with E-state index in [9.17, 15) is 9.59 Å². The Balaban J connectivity index is 3.36. The zero-order valence-electron chi connectivity index (χ0n) is 13.6. The van der Waals surface area contributed by atoms with E-state index in [0.29, 0.717) is 13.1 Å². The minimum Gasteiger partial charge on any atom is -0.352 e. The fraction of sp³-hybridized carbons (Fsp3) is 0.625. The second-order valence-electron chi connectivity index (χ2n) is 4.61. The van der Waals surface area contributed by atoms with E-state index in [1.807, 2.05) is 12.2 Å². The second kappa shape index (κ2) is 16.5. The molecule has 0 aliphatic rings. The summed E-state index contributed by atoms with van der Waals surface area (Å²) in [6, 6.07) is 0. The van der Waals surface area contributed by atoms with Crippen LogP contribution in [0.5, 0.6) is 0 Å². The van der Waals surface area contributed by atoms with E-state index in [2.05, 4.69) is 24.5 Å². The number of carbonyl (C=O) groups excluding carboxylic acids is 2. The van der Waals surface area contributed by atoms with Gasteiger partial charge in [0.15, 0.2) is 0 Å². The first kappa shape index (κ1) is 21.1. The van der Waals surface area contributed by atoms with Crippen molar-refractivity contribution in [3.8, 4) is 0 Å². The zero-order valence-corrected chi connectivity index (χ0v) is 15.2. The van der Waals surface area contributed by atoms with E-state index >= 15 is 0 Å². The Morgan fingerprint density at radius 3 is 1.59 bits per heavy atom. The Kier molecular flexibility index (Phi) is 15.8. The van der Waals surface area contributed by atoms with E-state index in [0.717, 1.165) is 37.2 Å². The first-order chi connectivity index (χ1) is 10.7. The maximum absolute atomic E-state index is 11.4. The van der Waals surface area contributed by atoms with Gasteiger partial charge in [0.2, 0.25) is 11.8 Å². The highest BCUT2D eigenvalue weighted by Gasteiger charge is 1.97. The third kappa shape index (κ3) is 15.5. The molecule has 0 aromatic carbocycles. The maximum Gasteiger partial charge on any atom is 0.243 e. The summed E-state index contributed by atoms with van der Waals surface area (Å²) >= 11 is 0. The lowest BCUT2D eigenvalue weighted by Gasteiger charge is -2.03. The van der Waals surface area contributed by atoms with Crippen molar-refractivity contribution in [2.24, 2.45) is 0 Å². The van der Waals surface area contributed by atoms with Gasteiger partial charge in [-0.05, 0) is 25.0 Å². The molecule has 4 nitrogen and oxygen atoms in total. The molecule has 2 amide bonds. The van der Waals surface area contributed by atoms with Crippen LogP contribution in [0.3, 0.4) is 0 Å². The van der Waals surface area contributed by atoms with Crippen LogP contribution in [0, 0.1) is 0 Å². The van der Waals surface area contributed by atoms with E-state index in [-0.39, 0.29) is 11.8 Å². The number of amides is 2. The zero-order chi connectivity index (χ0) is 16.5. The Hall–Kier alpha value is -0.880. The van der Waals surface area contributed by atoms with Crippen LogP contribution in [0.1, 0.15) is 39.5 Å². The molecule has 6 heteroatoms. The van der Waals surface area contributed by atoms with Gasteiger partial charge < -0.3 is 10.6 Å². The SMILES string of the molecule is CCCC=CC(=O)NCCSSCCNC(=O)C=CCCC. The molecule has 0 fully saturated rings. The van der Waals surface area contributed by atoms with E-state index in [4.69, 9.17) is 0 Å². The monoisotopic (exact) mass is 344 g/mol. The average Bonchev–Trinajstić information content (AvgIpc) is 2.50. The van der Waals surface area contributed by atoms with Crippen LogP contribution in [-0.2, 0) is 9.59 Å². The number of unbranched alkanes of at least 4 members (excludes halogenated alkanes) is 2. The average molecular weight is 345 g/mol. The quantitative estimate of drug-likeness (QED) is 0.306. The smallest absolute Gasteiger partial charge is 0.243 e. The van der Waals surface area contributed by atoms with Gasteiger partial charge >= 0.3 is 0 Å². The van der Waals surface area contributed by atoms with Crippen LogP contribution in [-0.4, -0.2) is 36.4 Å². The second-order valence-corrected chi connectivity index (χ2v) is 7.31. The van der Waals surface area contributed by atoms with Gasteiger partial charge in [-0.25, -0.2) is 0 Å². The molecule has 0 unspecified atom stereocenters. The van der Waals surface area contributed by atoms with Gasteiger partial charge in [-0.2, -0.15) is 0 Å². The van der Waals surface area contributed by atoms with Crippen LogP contribution >= 0.6 is 21.6 Å². The van der Waals surface area contributed by atoms with Crippen LogP contribution in [0.15, 0.2) is 24.3 Å². The van der Waals surface area contributed by atoms with Crippen molar-refractivity contribution in [3.63, 3.8) is 0 Å². The van der Waals surface area contributed by atoms with Gasteiger partial charge in [-0.1, -0.05) is 60.4 Å². The molecule has 0 bridgehead atoms. The summed E-state index contributed by atoms with van der Waals surface area (Å²) in [5.74, 6) is 1.68. The van der Waals surface area contributed by atoms with E-state index in [1.165, 1.54) is 0 Å². The van der Waals surface area contributed by atoms with Crippen molar-refractivity contribution in [2.75, 3.05) is 24.6 Å². The lowest BCUT2D eigenvalue weighted by molar-refractivity contribution is -0.117. The summed E-state index contributed by atoms with van der Waals surface area (Å²) < 4.78 is 0. The molecule has 126 valence electrons. The molecule has 0 aromatic heterocycles. The van der Waals surface area contributed by atoms with Crippen molar-refractivity contribution in [2.45, 2.75) is 39.5 Å². The Morgan fingerprint density at radius 2 is 1.23 bits per heavy atom. The molecule has 2 N–H and O–H groups in total. The van der Waals surface area contributed by atoms with E-state index < -0.39 is 0 Å². The predicted octanol–water partition coefficient (Wildman–Crippen LogP) is 3.31. The van der Waals surface area contributed by atoms with Gasteiger partial charge in [0.05, 0.1) is 0 Å². The highest BCUT2D eigenvalue weighted by atomic mass is 33.1. The Morgan fingerprint density at radius 1 is 0.818 bits per heavy atom. The van der Waals surface area contributed by atoms with E-state index in [1.54, 1.807) is 33.7 Å². The molecule has 0 atom stereocenters. The number of carbonyl (C=O) groups is 2. The van der Waals surface area contributed by atoms with Crippen LogP contribution in [0.4, 0.5) is 0 Å². The lowest BCUT2D eigenvalue weighted by atomic mass is 10.3. The molecule has 0 aromatic rings. The van der Waals surface area contributed by atoms with Crippen LogP contribution in [0.25, 0.3) is 0 Å². The molecule has 0 rings (SSSR count). The van der Waals surface area contributed by atoms with Crippen LogP contribution in [0.2, 0.25) is 0 Å². The fourth-order valence-electron chi connectivity index (χ4n) is 1.38. The minimum absolute atomic E-state index is 0.0230. The Bertz CT molecular complexity index is 324. The summed E-state index contributed by atoms with van der Waals surface area (Å²) in [6.45, 7) is 5.50. The van der Waals surface area contributed by atoms with Crippen molar-refractivity contribution < 1.29 is 9.59 Å².